The maximum atomic E-state index is 11.5. The first-order valence-corrected chi connectivity index (χ1v) is 6.18. The van der Waals surface area contributed by atoms with E-state index < -0.39 is 0 Å². The van der Waals surface area contributed by atoms with Gasteiger partial charge in [-0.05, 0) is 18.9 Å². The van der Waals surface area contributed by atoms with Crippen molar-refractivity contribution in [1.29, 1.82) is 0 Å². The van der Waals surface area contributed by atoms with E-state index in [0.29, 0.717) is 32.4 Å². The molecular weight excluding hydrogens is 230 g/mol. The zero-order valence-corrected chi connectivity index (χ0v) is 10.6. The third kappa shape index (κ3) is 6.03. The lowest BCUT2D eigenvalue weighted by atomic mass is 10.2. The Kier molecular flexibility index (Phi) is 6.54. The van der Waals surface area contributed by atoms with Crippen LogP contribution in [0.3, 0.4) is 0 Å². The van der Waals surface area contributed by atoms with Crippen LogP contribution in [0.4, 0.5) is 0 Å². The Labute approximate surface area is 107 Å². The monoisotopic (exact) mass is 249 g/mol. The van der Waals surface area contributed by atoms with Gasteiger partial charge in [-0.15, -0.1) is 0 Å². The van der Waals surface area contributed by atoms with E-state index in [9.17, 15) is 9.59 Å². The van der Waals surface area contributed by atoms with Gasteiger partial charge in [0.2, 0.25) is 5.91 Å². The Balaban J connectivity index is 2.13. The predicted molar refractivity (Wildman–Crippen MR) is 68.8 cm³/mol. The number of carbonyl (C=O) groups is 2. The van der Waals surface area contributed by atoms with Gasteiger partial charge in [-0.25, -0.2) is 0 Å². The first-order chi connectivity index (χ1) is 8.72. The predicted octanol–water partition coefficient (Wildman–Crippen LogP) is 2.04. The fourth-order valence-electron chi connectivity index (χ4n) is 1.51. The molecule has 0 spiro atoms. The standard InChI is InChI=1S/C14H19NO3/c1-2-18-14(17)10-6-9-13(16)15-11-12-7-4-3-5-8-12/h3-5,7-8H,2,6,9-11H2,1H3,(H,15,16). The van der Waals surface area contributed by atoms with E-state index in [1.54, 1.807) is 6.92 Å². The van der Waals surface area contributed by atoms with Gasteiger partial charge in [0, 0.05) is 19.4 Å². The van der Waals surface area contributed by atoms with Crippen molar-refractivity contribution in [1.82, 2.24) is 5.32 Å². The van der Waals surface area contributed by atoms with Crippen molar-refractivity contribution in [3.05, 3.63) is 35.9 Å². The molecule has 0 unspecified atom stereocenters. The minimum atomic E-state index is -0.242. The Bertz CT molecular complexity index is 376. The molecule has 1 aromatic carbocycles. The summed E-state index contributed by atoms with van der Waals surface area (Å²) in [6.07, 6.45) is 1.18. The summed E-state index contributed by atoms with van der Waals surface area (Å²) in [6, 6.07) is 9.72. The summed E-state index contributed by atoms with van der Waals surface area (Å²) in [6.45, 7) is 2.68. The Hall–Kier alpha value is -1.84. The smallest absolute Gasteiger partial charge is 0.305 e. The van der Waals surface area contributed by atoms with Crippen LogP contribution < -0.4 is 5.32 Å². The third-order valence-electron chi connectivity index (χ3n) is 2.42. The number of hydrogen-bond acceptors (Lipinski definition) is 3. The van der Waals surface area contributed by atoms with Gasteiger partial charge in [0.05, 0.1) is 6.61 Å². The molecule has 0 radical (unpaired) electrons. The minimum absolute atomic E-state index is 0.0387. The van der Waals surface area contributed by atoms with Crippen molar-refractivity contribution < 1.29 is 14.3 Å². The summed E-state index contributed by atoms with van der Waals surface area (Å²) in [5, 5.41) is 2.81. The lowest BCUT2D eigenvalue weighted by molar-refractivity contribution is -0.143. The Morgan fingerprint density at radius 2 is 1.89 bits per heavy atom. The van der Waals surface area contributed by atoms with E-state index in [1.807, 2.05) is 30.3 Å². The van der Waals surface area contributed by atoms with Gasteiger partial charge in [0.1, 0.15) is 0 Å². The molecule has 0 saturated carbocycles. The van der Waals surface area contributed by atoms with E-state index in [2.05, 4.69) is 5.32 Å². The third-order valence-corrected chi connectivity index (χ3v) is 2.42. The van der Waals surface area contributed by atoms with Crippen LogP contribution in [-0.2, 0) is 20.9 Å². The fraction of sp³-hybridized carbons (Fsp3) is 0.429. The lowest BCUT2D eigenvalue weighted by Crippen LogP contribution is -2.22. The van der Waals surface area contributed by atoms with Crippen LogP contribution in [-0.4, -0.2) is 18.5 Å². The van der Waals surface area contributed by atoms with E-state index >= 15 is 0 Å². The van der Waals surface area contributed by atoms with Crippen molar-refractivity contribution in [2.75, 3.05) is 6.61 Å². The van der Waals surface area contributed by atoms with Crippen molar-refractivity contribution in [3.8, 4) is 0 Å². The van der Waals surface area contributed by atoms with Gasteiger partial charge in [0.25, 0.3) is 0 Å². The maximum Gasteiger partial charge on any atom is 0.305 e. The second kappa shape index (κ2) is 8.28. The fourth-order valence-corrected chi connectivity index (χ4v) is 1.51. The number of hydrogen-bond donors (Lipinski definition) is 1. The second-order valence-electron chi connectivity index (χ2n) is 3.92. The molecule has 0 aliphatic heterocycles. The van der Waals surface area contributed by atoms with Gasteiger partial charge in [-0.2, -0.15) is 0 Å². The van der Waals surface area contributed by atoms with E-state index in [0.717, 1.165) is 5.56 Å². The molecule has 0 aliphatic rings. The minimum Gasteiger partial charge on any atom is -0.466 e. The summed E-state index contributed by atoms with van der Waals surface area (Å²) in [5.74, 6) is -0.281. The summed E-state index contributed by atoms with van der Waals surface area (Å²) in [7, 11) is 0. The van der Waals surface area contributed by atoms with Crippen LogP contribution in [0, 0.1) is 0 Å². The van der Waals surface area contributed by atoms with Gasteiger partial charge in [-0.3, -0.25) is 9.59 Å². The highest BCUT2D eigenvalue weighted by Gasteiger charge is 2.05. The first-order valence-electron chi connectivity index (χ1n) is 6.18. The average molecular weight is 249 g/mol. The molecule has 1 aromatic rings. The molecule has 0 aliphatic carbocycles. The second-order valence-corrected chi connectivity index (χ2v) is 3.92. The molecule has 1 N–H and O–H groups in total. The molecule has 0 fully saturated rings. The number of benzene rings is 1. The van der Waals surface area contributed by atoms with Crippen LogP contribution in [0.2, 0.25) is 0 Å². The summed E-state index contributed by atoms with van der Waals surface area (Å²) in [5.41, 5.74) is 1.07. The molecule has 0 atom stereocenters. The Morgan fingerprint density at radius 1 is 1.17 bits per heavy atom. The van der Waals surface area contributed by atoms with Gasteiger partial charge >= 0.3 is 5.97 Å². The zero-order valence-electron chi connectivity index (χ0n) is 10.6. The van der Waals surface area contributed by atoms with Crippen LogP contribution in [0.25, 0.3) is 0 Å². The van der Waals surface area contributed by atoms with Crippen molar-refractivity contribution >= 4 is 11.9 Å². The van der Waals surface area contributed by atoms with Crippen LogP contribution in [0.1, 0.15) is 31.7 Å². The molecule has 0 aromatic heterocycles. The zero-order chi connectivity index (χ0) is 13.2. The summed E-state index contributed by atoms with van der Waals surface area (Å²) < 4.78 is 4.78. The highest BCUT2D eigenvalue weighted by molar-refractivity contribution is 5.77. The van der Waals surface area contributed by atoms with Gasteiger partial charge in [0.15, 0.2) is 0 Å². The molecule has 0 bridgehead atoms. The first kappa shape index (κ1) is 14.2. The van der Waals surface area contributed by atoms with E-state index in [4.69, 9.17) is 4.74 Å². The number of nitrogens with one attached hydrogen (secondary N) is 1. The largest absolute Gasteiger partial charge is 0.466 e. The van der Waals surface area contributed by atoms with Gasteiger partial charge < -0.3 is 10.1 Å². The number of esters is 1. The molecule has 0 saturated heterocycles. The number of carbonyl (C=O) groups excluding carboxylic acids is 2. The quantitative estimate of drug-likeness (QED) is 0.752. The number of rotatable bonds is 7. The SMILES string of the molecule is CCOC(=O)CCCC(=O)NCc1ccccc1. The molecule has 1 amide bonds. The van der Waals surface area contributed by atoms with Crippen LogP contribution in [0.15, 0.2) is 30.3 Å². The highest BCUT2D eigenvalue weighted by Crippen LogP contribution is 2.00. The van der Waals surface area contributed by atoms with Crippen molar-refractivity contribution in [3.63, 3.8) is 0 Å². The average Bonchev–Trinajstić information content (AvgIpc) is 2.38. The molecule has 18 heavy (non-hydrogen) atoms. The van der Waals surface area contributed by atoms with Gasteiger partial charge in [-0.1, -0.05) is 30.3 Å². The number of ether oxygens (including phenoxy) is 1. The normalized spacial score (nSPS) is 9.83. The van der Waals surface area contributed by atoms with Crippen LogP contribution >= 0.6 is 0 Å². The molecule has 4 heteroatoms. The topological polar surface area (TPSA) is 55.4 Å². The molecule has 0 heterocycles. The lowest BCUT2D eigenvalue weighted by Gasteiger charge is -2.05. The van der Waals surface area contributed by atoms with E-state index in [1.165, 1.54) is 0 Å². The van der Waals surface area contributed by atoms with Crippen LogP contribution in [0.5, 0.6) is 0 Å². The van der Waals surface area contributed by atoms with Crippen molar-refractivity contribution in [2.45, 2.75) is 32.7 Å². The summed E-state index contributed by atoms with van der Waals surface area (Å²) in [4.78, 5) is 22.5. The molecule has 4 nitrogen and oxygen atoms in total. The maximum absolute atomic E-state index is 11.5. The number of amides is 1. The molecule has 1 rings (SSSR count). The Morgan fingerprint density at radius 3 is 2.56 bits per heavy atom. The molecule has 98 valence electrons. The highest BCUT2D eigenvalue weighted by atomic mass is 16.5. The van der Waals surface area contributed by atoms with E-state index in [-0.39, 0.29) is 11.9 Å². The van der Waals surface area contributed by atoms with Crippen molar-refractivity contribution in [2.24, 2.45) is 0 Å². The summed E-state index contributed by atoms with van der Waals surface area (Å²) >= 11 is 0. The molecular formula is C14H19NO3.